The third kappa shape index (κ3) is 3.63. The van der Waals surface area contributed by atoms with Crippen molar-refractivity contribution < 1.29 is 23.0 Å². The standard InChI is InChI=1S/C14H16ClF2NO3/c1-20-6-7-21-11-3-2-9(8-10(11)15)18-13(19)14(4-5-14)12(16)17/h2-3,8,12H,4-7H2,1H3,(H,18,19). The predicted molar refractivity (Wildman–Crippen MR) is 75.1 cm³/mol. The van der Waals surface area contributed by atoms with Crippen LogP contribution in [-0.2, 0) is 9.53 Å². The molecule has 0 bridgehead atoms. The van der Waals surface area contributed by atoms with Crippen molar-refractivity contribution in [2.45, 2.75) is 19.3 Å². The van der Waals surface area contributed by atoms with E-state index < -0.39 is 17.7 Å². The van der Waals surface area contributed by atoms with Crippen molar-refractivity contribution in [2.24, 2.45) is 5.41 Å². The SMILES string of the molecule is COCCOc1ccc(NC(=O)C2(C(F)F)CC2)cc1Cl. The second-order valence-corrected chi connectivity index (χ2v) is 5.30. The minimum Gasteiger partial charge on any atom is -0.490 e. The number of benzene rings is 1. The molecule has 4 nitrogen and oxygen atoms in total. The van der Waals surface area contributed by atoms with Crippen LogP contribution >= 0.6 is 11.6 Å². The van der Waals surface area contributed by atoms with E-state index in [1.54, 1.807) is 19.2 Å². The monoisotopic (exact) mass is 319 g/mol. The number of hydrogen-bond donors (Lipinski definition) is 1. The molecule has 1 amide bonds. The van der Waals surface area contributed by atoms with E-state index in [1.165, 1.54) is 6.07 Å². The van der Waals surface area contributed by atoms with Crippen LogP contribution in [0.3, 0.4) is 0 Å². The highest BCUT2D eigenvalue weighted by atomic mass is 35.5. The summed E-state index contributed by atoms with van der Waals surface area (Å²) in [6.45, 7) is 0.766. The molecule has 1 aliphatic rings. The Morgan fingerprint density at radius 3 is 2.67 bits per heavy atom. The molecule has 1 N–H and O–H groups in total. The number of alkyl halides is 2. The zero-order valence-corrected chi connectivity index (χ0v) is 12.3. The number of hydrogen-bond acceptors (Lipinski definition) is 3. The molecular weight excluding hydrogens is 304 g/mol. The Bertz CT molecular complexity index is 521. The molecular formula is C14H16ClF2NO3. The molecule has 0 spiro atoms. The quantitative estimate of drug-likeness (QED) is 0.784. The molecule has 1 saturated carbocycles. The van der Waals surface area contributed by atoms with Crippen LogP contribution in [0.5, 0.6) is 5.75 Å². The lowest BCUT2D eigenvalue weighted by Gasteiger charge is -2.15. The minimum absolute atomic E-state index is 0.211. The van der Waals surface area contributed by atoms with Crippen LogP contribution in [0.4, 0.5) is 14.5 Å². The summed E-state index contributed by atoms with van der Waals surface area (Å²) in [5, 5.41) is 2.77. The Labute approximate surface area is 126 Å². The van der Waals surface area contributed by atoms with Gasteiger partial charge in [-0.3, -0.25) is 4.79 Å². The van der Waals surface area contributed by atoms with E-state index in [0.717, 1.165) is 0 Å². The van der Waals surface area contributed by atoms with Gasteiger partial charge in [0.1, 0.15) is 17.8 Å². The van der Waals surface area contributed by atoms with Crippen molar-refractivity contribution in [3.8, 4) is 5.75 Å². The fourth-order valence-corrected chi connectivity index (χ4v) is 2.10. The lowest BCUT2D eigenvalue weighted by atomic mass is 10.1. The van der Waals surface area contributed by atoms with E-state index in [4.69, 9.17) is 21.1 Å². The van der Waals surface area contributed by atoms with E-state index in [0.29, 0.717) is 29.7 Å². The summed E-state index contributed by atoms with van der Waals surface area (Å²) >= 11 is 6.02. The lowest BCUT2D eigenvalue weighted by Crippen LogP contribution is -2.30. The van der Waals surface area contributed by atoms with Gasteiger partial charge in [0.05, 0.1) is 11.6 Å². The summed E-state index contributed by atoms with van der Waals surface area (Å²) in [5.74, 6) is -0.219. The molecule has 1 aromatic carbocycles. The third-order valence-corrected chi connectivity index (χ3v) is 3.69. The van der Waals surface area contributed by atoms with Gasteiger partial charge in [-0.05, 0) is 31.0 Å². The molecule has 1 fully saturated rings. The number of halogens is 3. The van der Waals surface area contributed by atoms with E-state index in [-0.39, 0.29) is 12.8 Å². The van der Waals surface area contributed by atoms with Crippen molar-refractivity contribution in [2.75, 3.05) is 25.6 Å². The van der Waals surface area contributed by atoms with Crippen LogP contribution in [0.2, 0.25) is 5.02 Å². The van der Waals surface area contributed by atoms with Gasteiger partial charge in [0.15, 0.2) is 0 Å². The maximum Gasteiger partial charge on any atom is 0.252 e. The second kappa shape index (κ2) is 6.58. The van der Waals surface area contributed by atoms with Gasteiger partial charge in [-0.2, -0.15) is 0 Å². The smallest absolute Gasteiger partial charge is 0.252 e. The summed E-state index contributed by atoms with van der Waals surface area (Å²) in [6.07, 6.45) is -2.23. The average Bonchev–Trinajstić information content (AvgIpc) is 3.23. The Kier molecular flexibility index (Phi) is 5.00. The van der Waals surface area contributed by atoms with Crippen molar-refractivity contribution in [1.29, 1.82) is 0 Å². The number of anilines is 1. The van der Waals surface area contributed by atoms with E-state index >= 15 is 0 Å². The molecule has 0 radical (unpaired) electrons. The molecule has 1 aliphatic carbocycles. The molecule has 0 saturated heterocycles. The van der Waals surface area contributed by atoms with Gasteiger partial charge >= 0.3 is 0 Å². The highest BCUT2D eigenvalue weighted by Gasteiger charge is 2.57. The number of amides is 1. The normalized spacial score (nSPS) is 15.9. The first kappa shape index (κ1) is 16.0. The number of ether oxygens (including phenoxy) is 2. The molecule has 0 aromatic heterocycles. The Morgan fingerprint density at radius 1 is 1.43 bits per heavy atom. The van der Waals surface area contributed by atoms with Crippen LogP contribution in [0, 0.1) is 5.41 Å². The van der Waals surface area contributed by atoms with Crippen LogP contribution in [-0.4, -0.2) is 32.7 Å². The van der Waals surface area contributed by atoms with Crippen molar-refractivity contribution in [3.63, 3.8) is 0 Å². The summed E-state index contributed by atoms with van der Waals surface area (Å²) in [7, 11) is 1.56. The Morgan fingerprint density at radius 2 is 2.14 bits per heavy atom. The molecule has 7 heteroatoms. The molecule has 0 unspecified atom stereocenters. The number of methoxy groups -OCH3 is 1. The molecule has 21 heavy (non-hydrogen) atoms. The Balaban J connectivity index is 1.99. The third-order valence-electron chi connectivity index (χ3n) is 3.39. The summed E-state index contributed by atoms with van der Waals surface area (Å²) in [4.78, 5) is 11.9. The first-order valence-electron chi connectivity index (χ1n) is 6.50. The second-order valence-electron chi connectivity index (χ2n) is 4.90. The van der Waals surface area contributed by atoms with Gasteiger partial charge in [0, 0.05) is 12.8 Å². The van der Waals surface area contributed by atoms with Gasteiger partial charge in [-0.25, -0.2) is 8.78 Å². The number of carbonyl (C=O) groups is 1. The molecule has 116 valence electrons. The van der Waals surface area contributed by atoms with Gasteiger partial charge in [-0.15, -0.1) is 0 Å². The van der Waals surface area contributed by atoms with E-state index in [1.807, 2.05) is 0 Å². The minimum atomic E-state index is -2.65. The predicted octanol–water partition coefficient (Wildman–Crippen LogP) is 3.35. The fourth-order valence-electron chi connectivity index (χ4n) is 1.87. The van der Waals surface area contributed by atoms with E-state index in [2.05, 4.69) is 5.32 Å². The molecule has 0 heterocycles. The number of nitrogens with one attached hydrogen (secondary N) is 1. The lowest BCUT2D eigenvalue weighted by molar-refractivity contribution is -0.126. The van der Waals surface area contributed by atoms with Crippen molar-refractivity contribution in [1.82, 2.24) is 0 Å². The van der Waals surface area contributed by atoms with Crippen molar-refractivity contribution >= 4 is 23.2 Å². The number of carbonyl (C=O) groups excluding carboxylic acids is 1. The van der Waals surface area contributed by atoms with Gasteiger partial charge < -0.3 is 14.8 Å². The van der Waals surface area contributed by atoms with Crippen LogP contribution < -0.4 is 10.1 Å². The van der Waals surface area contributed by atoms with Gasteiger partial charge in [0.25, 0.3) is 6.43 Å². The maximum absolute atomic E-state index is 12.8. The summed E-state index contributed by atoms with van der Waals surface area (Å²) < 4.78 is 35.9. The van der Waals surface area contributed by atoms with Gasteiger partial charge in [-0.1, -0.05) is 11.6 Å². The van der Waals surface area contributed by atoms with Crippen LogP contribution in [0.15, 0.2) is 18.2 Å². The highest BCUT2D eigenvalue weighted by molar-refractivity contribution is 6.32. The first-order chi connectivity index (χ1) is 9.99. The van der Waals surface area contributed by atoms with Crippen LogP contribution in [0.1, 0.15) is 12.8 Å². The molecule has 2 rings (SSSR count). The van der Waals surface area contributed by atoms with Crippen LogP contribution in [0.25, 0.3) is 0 Å². The average molecular weight is 320 g/mol. The summed E-state index contributed by atoms with van der Waals surface area (Å²) in [5.41, 5.74) is -1.16. The first-order valence-corrected chi connectivity index (χ1v) is 6.88. The van der Waals surface area contributed by atoms with Gasteiger partial charge in [0.2, 0.25) is 5.91 Å². The van der Waals surface area contributed by atoms with E-state index in [9.17, 15) is 13.6 Å². The summed E-state index contributed by atoms with van der Waals surface area (Å²) in [6, 6.07) is 4.62. The fraction of sp³-hybridized carbons (Fsp3) is 0.500. The van der Waals surface area contributed by atoms with Crippen molar-refractivity contribution in [3.05, 3.63) is 23.2 Å². The molecule has 0 aliphatic heterocycles. The number of rotatable bonds is 7. The molecule has 1 aromatic rings. The largest absolute Gasteiger partial charge is 0.490 e. The highest BCUT2D eigenvalue weighted by Crippen LogP contribution is 2.51. The maximum atomic E-state index is 12.8. The zero-order chi connectivity index (χ0) is 15.5. The zero-order valence-electron chi connectivity index (χ0n) is 11.5. The molecule has 0 atom stereocenters. The Hall–Kier alpha value is -1.40. The topological polar surface area (TPSA) is 47.6 Å².